The third kappa shape index (κ3) is 3.20. The van der Waals surface area contributed by atoms with Gasteiger partial charge in [0.25, 0.3) is 0 Å². The van der Waals surface area contributed by atoms with Gasteiger partial charge in [0.05, 0.1) is 0 Å². The molecule has 4 heteroatoms. The molecule has 0 aromatic heterocycles. The summed E-state index contributed by atoms with van der Waals surface area (Å²) in [6.07, 6.45) is -3.02. The van der Waals surface area contributed by atoms with Gasteiger partial charge in [0.2, 0.25) is 0 Å². The molecule has 1 aromatic carbocycles. The quantitative estimate of drug-likeness (QED) is 0.652. The average molecular weight is 201 g/mol. The minimum atomic E-state index is -4.26. The molecule has 0 aliphatic rings. The van der Waals surface area contributed by atoms with E-state index in [1.165, 1.54) is 6.21 Å². The van der Waals surface area contributed by atoms with E-state index in [-0.39, 0.29) is 0 Å². The summed E-state index contributed by atoms with van der Waals surface area (Å²) in [6.45, 7) is 1.03. The van der Waals surface area contributed by atoms with Crippen molar-refractivity contribution in [2.45, 2.75) is 19.1 Å². The zero-order chi connectivity index (χ0) is 10.6. The molecule has 0 aliphatic carbocycles. The smallest absolute Gasteiger partial charge is 0.280 e. The number of aliphatic imine (C=N–C) groups is 1. The number of hydrogen-bond acceptors (Lipinski definition) is 1. The molecule has 1 rings (SSSR count). The molecule has 14 heavy (non-hydrogen) atoms. The molecule has 0 fully saturated rings. The number of rotatable bonds is 2. The Morgan fingerprint density at radius 2 is 1.79 bits per heavy atom. The molecule has 0 saturated heterocycles. The third-order valence-corrected chi connectivity index (χ3v) is 1.72. The van der Waals surface area contributed by atoms with Crippen LogP contribution in [0.5, 0.6) is 0 Å². The first kappa shape index (κ1) is 10.8. The molecule has 0 bridgehead atoms. The van der Waals surface area contributed by atoms with Gasteiger partial charge in [-0.2, -0.15) is 13.2 Å². The first-order valence-electron chi connectivity index (χ1n) is 4.15. The van der Waals surface area contributed by atoms with Crippen molar-refractivity contribution in [2.75, 3.05) is 0 Å². The van der Waals surface area contributed by atoms with Crippen molar-refractivity contribution in [1.29, 1.82) is 0 Å². The lowest BCUT2D eigenvalue weighted by atomic mass is 10.2. The van der Waals surface area contributed by atoms with E-state index in [2.05, 4.69) is 4.99 Å². The van der Waals surface area contributed by atoms with Gasteiger partial charge < -0.3 is 0 Å². The first-order valence-corrected chi connectivity index (χ1v) is 4.15. The van der Waals surface area contributed by atoms with Crippen molar-refractivity contribution >= 4 is 6.21 Å². The summed E-state index contributed by atoms with van der Waals surface area (Å²) in [5.74, 6) is 0. The third-order valence-electron chi connectivity index (χ3n) is 1.72. The summed E-state index contributed by atoms with van der Waals surface area (Å²) in [7, 11) is 0. The van der Waals surface area contributed by atoms with Gasteiger partial charge >= 0.3 is 6.18 Å². The van der Waals surface area contributed by atoms with Crippen molar-refractivity contribution in [3.05, 3.63) is 35.9 Å². The van der Waals surface area contributed by atoms with Gasteiger partial charge in [-0.1, -0.05) is 30.3 Å². The van der Waals surface area contributed by atoms with Crippen LogP contribution in [-0.4, -0.2) is 18.4 Å². The van der Waals surface area contributed by atoms with Gasteiger partial charge in [-0.3, -0.25) is 4.99 Å². The van der Waals surface area contributed by atoms with Crippen molar-refractivity contribution in [3.8, 4) is 0 Å². The monoisotopic (exact) mass is 201 g/mol. The highest BCUT2D eigenvalue weighted by Gasteiger charge is 2.35. The maximum Gasteiger partial charge on any atom is 0.410 e. The van der Waals surface area contributed by atoms with Crippen molar-refractivity contribution in [1.82, 2.24) is 0 Å². The van der Waals surface area contributed by atoms with Crippen LogP contribution in [0.15, 0.2) is 35.3 Å². The molecule has 0 heterocycles. The van der Waals surface area contributed by atoms with Gasteiger partial charge in [0.1, 0.15) is 6.04 Å². The Balaban J connectivity index is 2.66. The minimum Gasteiger partial charge on any atom is -0.280 e. The zero-order valence-corrected chi connectivity index (χ0v) is 7.62. The standard InChI is InChI=1S/C10H10F3N/c1-8(10(11,12)13)14-7-9-5-3-2-4-6-9/h2-8H,1H3. The Hall–Kier alpha value is -1.32. The van der Waals surface area contributed by atoms with Gasteiger partial charge in [0.15, 0.2) is 0 Å². The second-order valence-corrected chi connectivity index (χ2v) is 2.91. The van der Waals surface area contributed by atoms with Gasteiger partial charge in [-0.25, -0.2) is 0 Å². The molecule has 1 nitrogen and oxygen atoms in total. The molecular weight excluding hydrogens is 191 g/mol. The van der Waals surface area contributed by atoms with E-state index in [4.69, 9.17) is 0 Å². The molecule has 0 aliphatic heterocycles. The van der Waals surface area contributed by atoms with E-state index in [0.29, 0.717) is 5.56 Å². The minimum absolute atomic E-state index is 0.670. The molecule has 1 aromatic rings. The second-order valence-electron chi connectivity index (χ2n) is 2.91. The lowest BCUT2D eigenvalue weighted by Crippen LogP contribution is -2.23. The van der Waals surface area contributed by atoms with E-state index >= 15 is 0 Å². The van der Waals surface area contributed by atoms with Gasteiger partial charge in [0, 0.05) is 6.21 Å². The van der Waals surface area contributed by atoms with E-state index in [0.717, 1.165) is 6.92 Å². The Labute approximate surface area is 80.3 Å². The van der Waals surface area contributed by atoms with Crippen LogP contribution in [0.3, 0.4) is 0 Å². The number of nitrogens with zero attached hydrogens (tertiary/aromatic N) is 1. The molecule has 0 amide bonds. The SMILES string of the molecule is CC(N=Cc1ccccc1)C(F)(F)F. The lowest BCUT2D eigenvalue weighted by Gasteiger charge is -2.09. The van der Waals surface area contributed by atoms with E-state index in [9.17, 15) is 13.2 Å². The van der Waals surface area contributed by atoms with Crippen LogP contribution in [0.4, 0.5) is 13.2 Å². The van der Waals surface area contributed by atoms with Crippen LogP contribution in [0.2, 0.25) is 0 Å². The van der Waals surface area contributed by atoms with Gasteiger partial charge in [-0.05, 0) is 12.5 Å². The predicted molar refractivity (Wildman–Crippen MR) is 49.6 cm³/mol. The maximum absolute atomic E-state index is 12.0. The Morgan fingerprint density at radius 3 is 2.29 bits per heavy atom. The van der Waals surface area contributed by atoms with Crippen LogP contribution in [0.1, 0.15) is 12.5 Å². The summed E-state index contributed by atoms with van der Waals surface area (Å²) in [4.78, 5) is 3.42. The van der Waals surface area contributed by atoms with E-state index < -0.39 is 12.2 Å². The molecule has 1 atom stereocenters. The fourth-order valence-electron chi connectivity index (χ4n) is 0.821. The van der Waals surface area contributed by atoms with Crippen LogP contribution in [0.25, 0.3) is 0 Å². The number of hydrogen-bond donors (Lipinski definition) is 0. The normalized spacial score (nSPS) is 14.6. The summed E-state index contributed by atoms with van der Waals surface area (Å²) < 4.78 is 36.1. The number of halogens is 3. The Morgan fingerprint density at radius 1 is 1.21 bits per heavy atom. The number of alkyl halides is 3. The largest absolute Gasteiger partial charge is 0.410 e. The van der Waals surface area contributed by atoms with Crippen LogP contribution < -0.4 is 0 Å². The topological polar surface area (TPSA) is 12.4 Å². The first-order chi connectivity index (χ1) is 6.50. The van der Waals surface area contributed by atoms with Gasteiger partial charge in [-0.15, -0.1) is 0 Å². The zero-order valence-electron chi connectivity index (χ0n) is 7.62. The molecular formula is C10H10F3N. The molecule has 1 unspecified atom stereocenters. The molecule has 0 radical (unpaired) electrons. The highest BCUT2D eigenvalue weighted by Crippen LogP contribution is 2.22. The summed E-state index contributed by atoms with van der Waals surface area (Å²) >= 11 is 0. The molecule has 76 valence electrons. The maximum atomic E-state index is 12.0. The second kappa shape index (κ2) is 4.26. The van der Waals surface area contributed by atoms with E-state index in [1.807, 2.05) is 0 Å². The summed E-state index contributed by atoms with van der Waals surface area (Å²) in [6, 6.07) is 7.05. The van der Waals surface area contributed by atoms with Crippen LogP contribution >= 0.6 is 0 Å². The molecule has 0 spiro atoms. The van der Waals surface area contributed by atoms with Crippen molar-refractivity contribution in [2.24, 2.45) is 4.99 Å². The molecule has 0 saturated carbocycles. The highest BCUT2D eigenvalue weighted by molar-refractivity contribution is 5.79. The lowest BCUT2D eigenvalue weighted by molar-refractivity contribution is -0.142. The van der Waals surface area contributed by atoms with Crippen LogP contribution in [-0.2, 0) is 0 Å². The summed E-state index contributed by atoms with van der Waals surface area (Å²) in [5.41, 5.74) is 0.670. The van der Waals surface area contributed by atoms with Crippen LogP contribution in [0, 0.1) is 0 Å². The van der Waals surface area contributed by atoms with Crippen molar-refractivity contribution in [3.63, 3.8) is 0 Å². The fraction of sp³-hybridized carbons (Fsp3) is 0.300. The van der Waals surface area contributed by atoms with Crippen molar-refractivity contribution < 1.29 is 13.2 Å². The fourth-order valence-corrected chi connectivity index (χ4v) is 0.821. The highest BCUT2D eigenvalue weighted by atomic mass is 19.4. The Kier molecular flexibility index (Phi) is 3.28. The average Bonchev–Trinajstić information content (AvgIpc) is 2.14. The van der Waals surface area contributed by atoms with E-state index in [1.54, 1.807) is 30.3 Å². The summed E-state index contributed by atoms with van der Waals surface area (Å²) in [5, 5.41) is 0. The Bertz CT molecular complexity index is 303. The predicted octanol–water partition coefficient (Wildman–Crippen LogP) is 3.06. The molecule has 0 N–H and O–H groups in total. The number of benzene rings is 1.